The fourth-order valence-electron chi connectivity index (χ4n) is 0.728. The summed E-state index contributed by atoms with van der Waals surface area (Å²) in [7, 11) is 0. The Bertz CT molecular complexity index is 93.6. The lowest BCUT2D eigenvalue weighted by molar-refractivity contribution is 0.248. The number of hydrogen-bond acceptors (Lipinski definition) is 1. The molecule has 0 heterocycles. The van der Waals surface area contributed by atoms with Gasteiger partial charge in [-0.2, -0.15) is 0 Å². The molecule has 0 aromatic heterocycles. The van der Waals surface area contributed by atoms with E-state index in [1.54, 1.807) is 0 Å². The van der Waals surface area contributed by atoms with Crippen molar-refractivity contribution in [1.29, 1.82) is 0 Å². The molecule has 3 nitrogen and oxygen atoms in total. The summed E-state index contributed by atoms with van der Waals surface area (Å²) in [5.41, 5.74) is 4.80. The average Bonchev–Trinajstić information content (AvgIpc) is 1.87. The van der Waals surface area contributed by atoms with Crippen molar-refractivity contribution < 1.29 is 4.79 Å². The second-order valence-corrected chi connectivity index (χ2v) is 2.28. The fourth-order valence-corrected chi connectivity index (χ4v) is 0.728. The number of rotatable bonds is 5. The summed E-state index contributed by atoms with van der Waals surface area (Å²) in [6, 6.07) is -0.545. The number of nitrogens with two attached hydrogens (primary N) is 1. The van der Waals surface area contributed by atoms with Crippen LogP contribution < -0.4 is 11.1 Å². The summed E-state index contributed by atoms with van der Waals surface area (Å²) >= 11 is 0. The zero-order valence-corrected chi connectivity index (χ0v) is 6.47. The first-order chi connectivity index (χ1) is 4.77. The van der Waals surface area contributed by atoms with E-state index in [9.17, 15) is 4.79 Å². The average molecular weight is 143 g/mol. The van der Waals surface area contributed by atoms with E-state index in [1.807, 2.05) is 0 Å². The van der Waals surface area contributed by atoms with Crippen molar-refractivity contribution in [2.75, 3.05) is 6.54 Å². The van der Waals surface area contributed by atoms with Gasteiger partial charge in [0.1, 0.15) is 0 Å². The minimum atomic E-state index is -0.545. The van der Waals surface area contributed by atoms with Gasteiger partial charge in [-0.15, -0.1) is 0 Å². The van der Waals surface area contributed by atoms with E-state index in [0.29, 0.717) is 6.54 Å². The monoisotopic (exact) mass is 143 g/mol. The van der Waals surface area contributed by atoms with Crippen molar-refractivity contribution in [3.05, 3.63) is 0 Å². The molecule has 0 saturated carbocycles. The van der Waals surface area contributed by atoms with Gasteiger partial charge >= 0.3 is 6.03 Å². The third-order valence-electron chi connectivity index (χ3n) is 1.28. The van der Waals surface area contributed by atoms with E-state index in [0.717, 1.165) is 12.8 Å². The van der Waals surface area contributed by atoms with Gasteiger partial charge in [0, 0.05) is 6.54 Å². The predicted molar refractivity (Wildman–Crippen MR) is 40.7 cm³/mol. The number of unbranched alkanes of at least 4 members (excludes halogenated alkanes) is 3. The van der Waals surface area contributed by atoms with Crippen LogP contribution in [0.4, 0.5) is 4.79 Å². The Labute approximate surface area is 62.0 Å². The highest BCUT2D eigenvalue weighted by atomic mass is 16.2. The van der Waals surface area contributed by atoms with Crippen LogP contribution >= 0.6 is 0 Å². The molecule has 0 bridgehead atoms. The van der Waals surface area contributed by atoms with Crippen LogP contribution in [0.5, 0.6) is 0 Å². The molecule has 1 radical (unpaired) electrons. The zero-order chi connectivity index (χ0) is 7.82. The predicted octanol–water partition coefficient (Wildman–Crippen LogP) is 1.25. The van der Waals surface area contributed by atoms with Crippen molar-refractivity contribution in [3.8, 4) is 0 Å². The standard InChI is InChI=1S/C7H15N2O/c1-2-3-4-5-6-9-7(8)10/h2-6H2,1H3,(H2,8,10). The van der Waals surface area contributed by atoms with E-state index < -0.39 is 6.03 Å². The van der Waals surface area contributed by atoms with E-state index in [1.165, 1.54) is 12.8 Å². The Balaban J connectivity index is 2.84. The van der Waals surface area contributed by atoms with Gasteiger partial charge in [0.15, 0.2) is 0 Å². The molecule has 2 amide bonds. The quantitative estimate of drug-likeness (QED) is 0.578. The second-order valence-electron chi connectivity index (χ2n) is 2.28. The molecule has 0 aromatic carbocycles. The molecule has 59 valence electrons. The lowest BCUT2D eigenvalue weighted by Crippen LogP contribution is -2.23. The van der Waals surface area contributed by atoms with Gasteiger partial charge in [-0.05, 0) is 6.42 Å². The van der Waals surface area contributed by atoms with E-state index in [2.05, 4.69) is 12.2 Å². The fraction of sp³-hybridized carbons (Fsp3) is 0.857. The number of carbonyl (C=O) groups is 1. The largest absolute Gasteiger partial charge is 0.350 e. The van der Waals surface area contributed by atoms with Crippen molar-refractivity contribution in [3.63, 3.8) is 0 Å². The van der Waals surface area contributed by atoms with Crippen LogP contribution in [0.3, 0.4) is 0 Å². The SMILES string of the molecule is CCCCCC[N]C(N)=O. The number of nitrogens with zero attached hydrogens (tertiary/aromatic N) is 1. The Hall–Kier alpha value is -0.730. The van der Waals surface area contributed by atoms with E-state index >= 15 is 0 Å². The van der Waals surface area contributed by atoms with Gasteiger partial charge in [-0.3, -0.25) is 0 Å². The molecule has 0 aliphatic carbocycles. The molecule has 0 fully saturated rings. The lowest BCUT2D eigenvalue weighted by Gasteiger charge is -1.96. The smallest absolute Gasteiger partial charge is 0.333 e. The second kappa shape index (κ2) is 6.39. The first-order valence-corrected chi connectivity index (χ1v) is 3.74. The van der Waals surface area contributed by atoms with Crippen LogP contribution in [0.1, 0.15) is 32.6 Å². The Kier molecular flexibility index (Phi) is 5.92. The minimum absolute atomic E-state index is 0.545. The molecule has 0 spiro atoms. The molecular formula is C7H15N2O. The van der Waals surface area contributed by atoms with Gasteiger partial charge < -0.3 is 5.73 Å². The molecule has 2 N–H and O–H groups in total. The number of primary amides is 1. The molecule has 3 heteroatoms. The maximum atomic E-state index is 10.1. The van der Waals surface area contributed by atoms with Crippen LogP contribution in [0, 0.1) is 0 Å². The number of carbonyl (C=O) groups excluding carboxylic acids is 1. The van der Waals surface area contributed by atoms with Gasteiger partial charge in [-0.1, -0.05) is 26.2 Å². The molecular weight excluding hydrogens is 128 g/mol. The highest BCUT2D eigenvalue weighted by Crippen LogP contribution is 1.96. The molecule has 0 rings (SSSR count). The molecule has 10 heavy (non-hydrogen) atoms. The van der Waals surface area contributed by atoms with Crippen molar-refractivity contribution in [2.24, 2.45) is 5.73 Å². The van der Waals surface area contributed by atoms with Crippen LogP contribution in [-0.4, -0.2) is 12.6 Å². The van der Waals surface area contributed by atoms with E-state index in [4.69, 9.17) is 5.73 Å². The Morgan fingerprint density at radius 2 is 2.10 bits per heavy atom. The summed E-state index contributed by atoms with van der Waals surface area (Å²) < 4.78 is 0. The summed E-state index contributed by atoms with van der Waals surface area (Å²) in [5, 5.41) is 3.54. The zero-order valence-electron chi connectivity index (χ0n) is 6.47. The maximum absolute atomic E-state index is 10.1. The van der Waals surface area contributed by atoms with Gasteiger partial charge in [-0.25, -0.2) is 10.1 Å². The highest BCUT2D eigenvalue weighted by Gasteiger charge is 1.92. The van der Waals surface area contributed by atoms with Gasteiger partial charge in [0.2, 0.25) is 0 Å². The van der Waals surface area contributed by atoms with Crippen LogP contribution in [0.2, 0.25) is 0 Å². The molecule has 0 aliphatic rings. The maximum Gasteiger partial charge on any atom is 0.333 e. The Morgan fingerprint density at radius 3 is 2.60 bits per heavy atom. The van der Waals surface area contributed by atoms with Crippen molar-refractivity contribution in [2.45, 2.75) is 32.6 Å². The number of amides is 2. The van der Waals surface area contributed by atoms with Crippen molar-refractivity contribution >= 4 is 6.03 Å². The lowest BCUT2D eigenvalue weighted by atomic mass is 10.2. The normalized spacial score (nSPS) is 9.30. The van der Waals surface area contributed by atoms with E-state index in [-0.39, 0.29) is 0 Å². The minimum Gasteiger partial charge on any atom is -0.350 e. The molecule has 0 unspecified atom stereocenters. The molecule has 0 saturated heterocycles. The van der Waals surface area contributed by atoms with Crippen molar-refractivity contribution in [1.82, 2.24) is 5.32 Å². The summed E-state index contributed by atoms with van der Waals surface area (Å²) in [6.07, 6.45) is 4.55. The first-order valence-electron chi connectivity index (χ1n) is 3.74. The summed E-state index contributed by atoms with van der Waals surface area (Å²) in [4.78, 5) is 10.1. The molecule has 0 aromatic rings. The molecule has 0 aliphatic heterocycles. The van der Waals surface area contributed by atoms with Crippen LogP contribution in [0.15, 0.2) is 0 Å². The third-order valence-corrected chi connectivity index (χ3v) is 1.28. The van der Waals surface area contributed by atoms with Gasteiger partial charge in [0.05, 0.1) is 0 Å². The molecule has 0 atom stereocenters. The first kappa shape index (κ1) is 9.27. The summed E-state index contributed by atoms with van der Waals surface area (Å²) in [6.45, 7) is 2.74. The highest BCUT2D eigenvalue weighted by molar-refractivity contribution is 5.71. The van der Waals surface area contributed by atoms with Crippen LogP contribution in [-0.2, 0) is 0 Å². The van der Waals surface area contributed by atoms with Gasteiger partial charge in [0.25, 0.3) is 0 Å². The van der Waals surface area contributed by atoms with Crippen LogP contribution in [0.25, 0.3) is 0 Å². The summed E-state index contributed by atoms with van der Waals surface area (Å²) in [5.74, 6) is 0. The number of urea groups is 1. The topological polar surface area (TPSA) is 57.2 Å². The Morgan fingerprint density at radius 1 is 1.40 bits per heavy atom. The number of hydrogen-bond donors (Lipinski definition) is 1. The third kappa shape index (κ3) is 7.27.